The van der Waals surface area contributed by atoms with Crippen molar-refractivity contribution in [2.24, 2.45) is 11.3 Å². The number of hydrazine groups is 1. The maximum Gasteiger partial charge on any atom is 0.429 e. The molecular formula is C17H30F2N2O6. The second-order valence-electron chi connectivity index (χ2n) is 7.92. The van der Waals surface area contributed by atoms with Crippen LogP contribution in [0.2, 0.25) is 0 Å². The molecule has 2 unspecified atom stereocenters. The molecule has 1 aliphatic rings. The number of amides is 1. The van der Waals surface area contributed by atoms with Gasteiger partial charge in [-0.15, -0.1) is 0 Å². The van der Waals surface area contributed by atoms with Crippen molar-refractivity contribution in [3.63, 3.8) is 0 Å². The fourth-order valence-corrected chi connectivity index (χ4v) is 3.01. The van der Waals surface area contributed by atoms with Crippen LogP contribution in [0.3, 0.4) is 0 Å². The van der Waals surface area contributed by atoms with Crippen molar-refractivity contribution in [1.82, 2.24) is 5.01 Å². The van der Waals surface area contributed by atoms with Crippen molar-refractivity contribution in [3.8, 4) is 0 Å². The Kier molecular flexibility index (Phi) is 6.83. The van der Waals surface area contributed by atoms with Gasteiger partial charge in [0.1, 0.15) is 11.7 Å². The minimum Gasteiger partial charge on any atom is -0.468 e. The normalized spacial score (nSPS) is 22.1. The second kappa shape index (κ2) is 7.84. The van der Waals surface area contributed by atoms with Crippen molar-refractivity contribution in [1.29, 1.82) is 0 Å². The van der Waals surface area contributed by atoms with E-state index in [1.165, 1.54) is 34.6 Å². The van der Waals surface area contributed by atoms with Gasteiger partial charge in [-0.1, -0.05) is 13.3 Å². The number of halogens is 2. The average Bonchev–Trinajstić information content (AvgIpc) is 2.89. The zero-order valence-electron chi connectivity index (χ0n) is 16.9. The van der Waals surface area contributed by atoms with Gasteiger partial charge in [0.05, 0.1) is 13.7 Å². The zero-order chi connectivity index (χ0) is 21.3. The van der Waals surface area contributed by atoms with E-state index in [-0.39, 0.29) is 24.5 Å². The number of methoxy groups -OCH3 is 1. The Balaban J connectivity index is 3.42. The summed E-state index contributed by atoms with van der Waals surface area (Å²) in [4.78, 5) is 24.8. The summed E-state index contributed by atoms with van der Waals surface area (Å²) in [7, 11) is 0.984. The maximum absolute atomic E-state index is 15.6. The van der Waals surface area contributed by atoms with Gasteiger partial charge in [0.2, 0.25) is 0 Å². The Hall–Kier alpha value is -1.52. The number of carbonyl (C=O) groups is 2. The summed E-state index contributed by atoms with van der Waals surface area (Å²) in [5.74, 6) is 3.02. The van der Waals surface area contributed by atoms with Crippen molar-refractivity contribution in [2.45, 2.75) is 77.9 Å². The molecule has 2 N–H and O–H groups in total. The standard InChI is InChI=1S/C17H30F2N2O6/c1-8-9-16(12(22)24-7,11-10-25-15(5,6)26-11)17(18,19)21(20)13(23)27-14(2,3)4/h11H,8-10,20H2,1-7H3. The molecule has 8 nitrogen and oxygen atoms in total. The smallest absolute Gasteiger partial charge is 0.429 e. The van der Waals surface area contributed by atoms with Crippen LogP contribution in [0.5, 0.6) is 0 Å². The molecular weight excluding hydrogens is 366 g/mol. The third kappa shape index (κ3) is 4.67. The third-order valence-electron chi connectivity index (χ3n) is 4.18. The highest BCUT2D eigenvalue weighted by Crippen LogP contribution is 2.50. The van der Waals surface area contributed by atoms with Gasteiger partial charge in [0.15, 0.2) is 11.2 Å². The molecule has 1 heterocycles. The predicted molar refractivity (Wildman–Crippen MR) is 91.5 cm³/mol. The van der Waals surface area contributed by atoms with E-state index in [9.17, 15) is 9.59 Å². The van der Waals surface area contributed by atoms with Crippen molar-refractivity contribution in [2.75, 3.05) is 13.7 Å². The monoisotopic (exact) mass is 396 g/mol. The summed E-state index contributed by atoms with van der Waals surface area (Å²) < 4.78 is 51.7. The topological polar surface area (TPSA) is 100 Å². The van der Waals surface area contributed by atoms with Crippen molar-refractivity contribution in [3.05, 3.63) is 0 Å². The number of esters is 1. The molecule has 0 bridgehead atoms. The van der Waals surface area contributed by atoms with Crippen LogP contribution in [0, 0.1) is 5.41 Å². The first-order valence-corrected chi connectivity index (χ1v) is 8.70. The molecule has 0 aromatic heterocycles. The van der Waals surface area contributed by atoms with Crippen LogP contribution in [0.25, 0.3) is 0 Å². The molecule has 27 heavy (non-hydrogen) atoms. The number of hydrogen-bond donors (Lipinski definition) is 1. The summed E-state index contributed by atoms with van der Waals surface area (Å²) in [6.45, 7) is 8.91. The number of nitrogens with zero attached hydrogens (tertiary/aromatic N) is 1. The second-order valence-corrected chi connectivity index (χ2v) is 7.92. The summed E-state index contributed by atoms with van der Waals surface area (Å²) in [6.07, 6.45) is -3.04. The first-order valence-electron chi connectivity index (χ1n) is 8.70. The predicted octanol–water partition coefficient (Wildman–Crippen LogP) is 2.80. The fraction of sp³-hybridized carbons (Fsp3) is 0.882. The van der Waals surface area contributed by atoms with Crippen LogP contribution in [0.1, 0.15) is 54.4 Å². The zero-order valence-corrected chi connectivity index (χ0v) is 16.9. The molecule has 0 aromatic carbocycles. The molecule has 1 fully saturated rings. The number of ether oxygens (including phenoxy) is 4. The lowest BCUT2D eigenvalue weighted by Gasteiger charge is -2.44. The van der Waals surface area contributed by atoms with Gasteiger partial charge in [-0.25, -0.2) is 10.6 Å². The van der Waals surface area contributed by atoms with Gasteiger partial charge in [-0.2, -0.15) is 13.8 Å². The SMILES string of the molecule is CCCC(C(=O)OC)(C1COC(C)(C)O1)C(F)(F)N(N)C(=O)OC(C)(C)C. The van der Waals surface area contributed by atoms with Crippen molar-refractivity contribution < 1.29 is 37.3 Å². The van der Waals surface area contributed by atoms with Crippen molar-refractivity contribution >= 4 is 12.1 Å². The number of rotatable bonds is 6. The molecule has 0 saturated carbocycles. The van der Waals surface area contributed by atoms with Gasteiger partial charge in [0.25, 0.3) is 0 Å². The Labute approximate surface area is 158 Å². The average molecular weight is 396 g/mol. The van der Waals surface area contributed by atoms with Gasteiger partial charge in [-0.3, -0.25) is 4.79 Å². The van der Waals surface area contributed by atoms with Crippen LogP contribution >= 0.6 is 0 Å². The van der Waals surface area contributed by atoms with Crippen LogP contribution in [-0.2, 0) is 23.7 Å². The van der Waals surface area contributed by atoms with Crippen LogP contribution in [0.15, 0.2) is 0 Å². The summed E-state index contributed by atoms with van der Waals surface area (Å²) in [6, 6.07) is -4.17. The Morgan fingerprint density at radius 3 is 2.22 bits per heavy atom. The highest BCUT2D eigenvalue weighted by atomic mass is 19.3. The quantitative estimate of drug-likeness (QED) is 0.242. The summed E-state index contributed by atoms with van der Waals surface area (Å²) in [5, 5.41) is -0.362. The van der Waals surface area contributed by atoms with Gasteiger partial charge < -0.3 is 18.9 Å². The largest absolute Gasteiger partial charge is 0.468 e. The Morgan fingerprint density at radius 1 is 1.30 bits per heavy atom. The van der Waals surface area contributed by atoms with E-state index in [2.05, 4.69) is 4.74 Å². The van der Waals surface area contributed by atoms with Gasteiger partial charge >= 0.3 is 18.1 Å². The molecule has 10 heteroatoms. The molecule has 1 rings (SSSR count). The highest BCUT2D eigenvalue weighted by Gasteiger charge is 2.70. The van der Waals surface area contributed by atoms with Crippen LogP contribution < -0.4 is 5.84 Å². The lowest BCUT2D eigenvalue weighted by Crippen LogP contribution is -2.67. The van der Waals surface area contributed by atoms with Crippen LogP contribution in [0.4, 0.5) is 13.6 Å². The molecule has 1 saturated heterocycles. The first kappa shape index (κ1) is 23.5. The van der Waals surface area contributed by atoms with E-state index in [1.807, 2.05) is 0 Å². The summed E-state index contributed by atoms with van der Waals surface area (Å²) >= 11 is 0. The number of carbonyl (C=O) groups excluding carboxylic acids is 2. The minimum atomic E-state index is -4.17. The molecule has 0 spiro atoms. The molecule has 1 amide bonds. The lowest BCUT2D eigenvalue weighted by molar-refractivity contribution is -0.264. The van der Waals surface area contributed by atoms with Crippen LogP contribution in [-0.4, -0.2) is 54.3 Å². The lowest BCUT2D eigenvalue weighted by atomic mass is 9.75. The van der Waals surface area contributed by atoms with Gasteiger partial charge in [-0.05, 0) is 41.0 Å². The number of hydrogen-bond acceptors (Lipinski definition) is 7. The first-order chi connectivity index (χ1) is 12.1. The molecule has 2 atom stereocenters. The molecule has 0 aliphatic carbocycles. The maximum atomic E-state index is 15.6. The van der Waals surface area contributed by atoms with E-state index < -0.39 is 41.0 Å². The number of alkyl halides is 2. The Morgan fingerprint density at radius 2 is 1.85 bits per heavy atom. The highest BCUT2D eigenvalue weighted by molar-refractivity contribution is 5.80. The van der Waals surface area contributed by atoms with E-state index in [0.29, 0.717) is 0 Å². The van der Waals surface area contributed by atoms with E-state index in [0.717, 1.165) is 7.11 Å². The molecule has 158 valence electrons. The molecule has 0 radical (unpaired) electrons. The summed E-state index contributed by atoms with van der Waals surface area (Å²) in [5.41, 5.74) is -3.63. The third-order valence-corrected chi connectivity index (χ3v) is 4.18. The van der Waals surface area contributed by atoms with Gasteiger partial charge in [0, 0.05) is 0 Å². The number of nitrogens with two attached hydrogens (primary N) is 1. The Bertz CT molecular complexity index is 564. The van der Waals surface area contributed by atoms with E-state index >= 15 is 8.78 Å². The van der Waals surface area contributed by atoms with E-state index in [4.69, 9.17) is 20.1 Å². The molecule has 0 aromatic rings. The van der Waals surface area contributed by atoms with E-state index in [1.54, 1.807) is 6.92 Å². The minimum absolute atomic E-state index is 0.174. The fourth-order valence-electron chi connectivity index (χ4n) is 3.01. The molecule has 1 aliphatic heterocycles.